The predicted molar refractivity (Wildman–Crippen MR) is 169 cm³/mol. The molecular formula is C32H36N8O2S. The Labute approximate surface area is 253 Å². The van der Waals surface area contributed by atoms with E-state index in [1.54, 1.807) is 22.8 Å². The fourth-order valence-corrected chi connectivity index (χ4v) is 7.36. The van der Waals surface area contributed by atoms with E-state index < -0.39 is 11.2 Å². The van der Waals surface area contributed by atoms with Crippen molar-refractivity contribution in [2.75, 3.05) is 32.5 Å². The van der Waals surface area contributed by atoms with Crippen molar-refractivity contribution in [1.82, 2.24) is 35.4 Å². The summed E-state index contributed by atoms with van der Waals surface area (Å²) in [7, 11) is 3.99. The molecule has 11 heteroatoms. The van der Waals surface area contributed by atoms with Crippen molar-refractivity contribution in [2.45, 2.75) is 49.0 Å². The topological polar surface area (TPSA) is 113 Å². The van der Waals surface area contributed by atoms with Crippen molar-refractivity contribution in [3.05, 3.63) is 99.1 Å². The molecule has 0 spiro atoms. The first-order chi connectivity index (χ1) is 20.9. The van der Waals surface area contributed by atoms with Crippen LogP contribution in [0, 0.1) is 0 Å². The van der Waals surface area contributed by atoms with Gasteiger partial charge in [0.2, 0.25) is 5.95 Å². The number of likely N-dealkylation sites (tertiary alicyclic amines) is 1. The number of rotatable bonds is 8. The monoisotopic (exact) mass is 596 g/mol. The maximum atomic E-state index is 13.9. The Kier molecular flexibility index (Phi) is 7.56. The number of benzene rings is 2. The summed E-state index contributed by atoms with van der Waals surface area (Å²) in [4.78, 5) is 26.4. The number of fused-ring (bicyclic) bond motifs is 1. The van der Waals surface area contributed by atoms with Crippen LogP contribution in [0.3, 0.4) is 0 Å². The maximum Gasteiger partial charge on any atom is 0.264 e. The molecule has 1 saturated heterocycles. The summed E-state index contributed by atoms with van der Waals surface area (Å²) in [5.41, 5.74) is 10.3. The molecule has 2 fully saturated rings. The zero-order chi connectivity index (χ0) is 29.5. The lowest BCUT2D eigenvalue weighted by Gasteiger charge is -2.30. The average molecular weight is 597 g/mol. The van der Waals surface area contributed by atoms with E-state index in [9.17, 15) is 9.35 Å². The third-order valence-electron chi connectivity index (χ3n) is 8.52. The first-order valence-corrected chi connectivity index (χ1v) is 16.0. The Balaban J connectivity index is 1.22. The van der Waals surface area contributed by atoms with Gasteiger partial charge in [0.05, 0.1) is 6.54 Å². The highest BCUT2D eigenvalue weighted by atomic mass is 32.2. The highest BCUT2D eigenvalue weighted by Crippen LogP contribution is 2.39. The number of pyridine rings is 1. The molecule has 2 unspecified atom stereocenters. The van der Waals surface area contributed by atoms with E-state index >= 15 is 0 Å². The van der Waals surface area contributed by atoms with Crippen LogP contribution in [0.25, 0.3) is 11.0 Å². The highest BCUT2D eigenvalue weighted by Gasteiger charge is 2.33. The van der Waals surface area contributed by atoms with Gasteiger partial charge < -0.3 is 14.8 Å². The van der Waals surface area contributed by atoms with Gasteiger partial charge in [-0.2, -0.15) is 4.98 Å². The molecule has 0 radical (unpaired) electrons. The Morgan fingerprint density at radius 1 is 1.05 bits per heavy atom. The van der Waals surface area contributed by atoms with Crippen LogP contribution in [-0.4, -0.2) is 56.2 Å². The van der Waals surface area contributed by atoms with Gasteiger partial charge in [-0.25, -0.2) is 4.98 Å². The highest BCUT2D eigenvalue weighted by molar-refractivity contribution is 7.95. The Morgan fingerprint density at radius 3 is 2.58 bits per heavy atom. The number of aromatic nitrogens is 3. The molecule has 2 atom stereocenters. The SMILES string of the molecule is CN1CCCC(c2ccc(Nc3ncc4cc(C5CC5)c(=O)n(CC5=C([S+]([O-])c6ccccc6)N(C)NN5)c4n3)cc2)C1. The van der Waals surface area contributed by atoms with Crippen LogP contribution in [0.2, 0.25) is 0 Å². The van der Waals surface area contributed by atoms with Crippen molar-refractivity contribution in [3.8, 4) is 0 Å². The van der Waals surface area contributed by atoms with Crippen molar-refractivity contribution in [2.24, 2.45) is 0 Å². The minimum Gasteiger partial charge on any atom is -0.605 e. The first kappa shape index (κ1) is 27.9. The number of hydrogen-bond acceptors (Lipinski definition) is 9. The summed E-state index contributed by atoms with van der Waals surface area (Å²) in [5, 5.41) is 6.41. The van der Waals surface area contributed by atoms with Gasteiger partial charge in [0.1, 0.15) is 11.3 Å². The molecule has 1 aliphatic carbocycles. The maximum absolute atomic E-state index is 13.9. The summed E-state index contributed by atoms with van der Waals surface area (Å²) in [6, 6.07) is 19.8. The van der Waals surface area contributed by atoms with Crippen LogP contribution in [-0.2, 0) is 17.7 Å². The molecule has 43 heavy (non-hydrogen) atoms. The molecule has 7 rings (SSSR count). The molecule has 4 heterocycles. The molecule has 10 nitrogen and oxygen atoms in total. The van der Waals surface area contributed by atoms with E-state index in [1.165, 1.54) is 18.4 Å². The lowest BCUT2D eigenvalue weighted by molar-refractivity contribution is 0.251. The Bertz CT molecular complexity index is 1720. The van der Waals surface area contributed by atoms with E-state index in [-0.39, 0.29) is 18.0 Å². The molecule has 2 aliphatic heterocycles. The number of nitrogens with zero attached hydrogens (tertiary/aromatic N) is 5. The molecule has 222 valence electrons. The van der Waals surface area contributed by atoms with E-state index in [1.807, 2.05) is 36.4 Å². The van der Waals surface area contributed by atoms with Crippen LogP contribution in [0.1, 0.15) is 48.6 Å². The number of hydrogen-bond donors (Lipinski definition) is 3. The fourth-order valence-electron chi connectivity index (χ4n) is 6.10. The molecule has 0 bridgehead atoms. The van der Waals surface area contributed by atoms with Gasteiger partial charge >= 0.3 is 0 Å². The largest absolute Gasteiger partial charge is 0.605 e. The standard InChI is InChI=1S/C32H36N8O2S/c1-38-16-6-7-23(19-38)21-12-14-25(15-13-21)34-32-33-18-24-17-27(22-10-11-22)30(41)40(29(24)35-32)20-28-31(39(2)37-36-28)43(42)26-8-4-3-5-9-26/h3-5,8-9,12-15,17-18,22-23,36-37H,6-7,10-11,16,19-20H2,1-2H3,(H,33,34,35). The molecule has 2 aromatic heterocycles. The minimum atomic E-state index is -1.45. The summed E-state index contributed by atoms with van der Waals surface area (Å²) < 4.78 is 15.3. The van der Waals surface area contributed by atoms with E-state index in [0.717, 1.165) is 42.6 Å². The normalized spacial score (nSPS) is 20.0. The molecule has 1 saturated carbocycles. The van der Waals surface area contributed by atoms with Crippen LogP contribution < -0.4 is 21.8 Å². The van der Waals surface area contributed by atoms with Crippen LogP contribution in [0.4, 0.5) is 11.6 Å². The van der Waals surface area contributed by atoms with Gasteiger partial charge in [-0.1, -0.05) is 30.3 Å². The summed E-state index contributed by atoms with van der Waals surface area (Å²) in [6.45, 7) is 2.43. The quantitative estimate of drug-likeness (QED) is 0.258. The second kappa shape index (κ2) is 11.6. The Hall–Kier alpha value is -3.90. The number of likely N-dealkylation sites (N-methyl/N-ethyl adjacent to an activating group) is 1. The van der Waals surface area contributed by atoms with E-state index in [2.05, 4.69) is 57.5 Å². The molecule has 3 aliphatic rings. The lowest BCUT2D eigenvalue weighted by Crippen LogP contribution is -2.36. The van der Waals surface area contributed by atoms with Crippen LogP contribution in [0.5, 0.6) is 0 Å². The molecule has 4 aromatic rings. The zero-order valence-electron chi connectivity index (χ0n) is 24.4. The molecule has 0 amide bonds. The minimum absolute atomic E-state index is 0.0739. The molecule has 3 N–H and O–H groups in total. The molecule has 2 aromatic carbocycles. The summed E-state index contributed by atoms with van der Waals surface area (Å²) in [5.74, 6) is 1.22. The van der Waals surface area contributed by atoms with E-state index in [4.69, 9.17) is 4.98 Å². The van der Waals surface area contributed by atoms with Gasteiger partial charge in [0, 0.05) is 47.6 Å². The van der Waals surface area contributed by atoms with Crippen LogP contribution >= 0.6 is 0 Å². The average Bonchev–Trinajstić information content (AvgIpc) is 3.81. The van der Waals surface area contributed by atoms with Gasteiger partial charge in [-0.05, 0) is 87.0 Å². The predicted octanol–water partition coefficient (Wildman–Crippen LogP) is 4.15. The second-order valence-corrected chi connectivity index (χ2v) is 13.1. The van der Waals surface area contributed by atoms with E-state index in [0.29, 0.717) is 33.1 Å². The number of piperidine rings is 1. The number of anilines is 2. The van der Waals surface area contributed by atoms with Crippen molar-refractivity contribution in [3.63, 3.8) is 0 Å². The van der Waals surface area contributed by atoms with Gasteiger partial charge in [-0.3, -0.25) is 19.8 Å². The lowest BCUT2D eigenvalue weighted by atomic mass is 9.91. The number of nitrogens with one attached hydrogen (secondary N) is 3. The van der Waals surface area contributed by atoms with Gasteiger partial charge in [-0.15, -0.1) is 5.53 Å². The zero-order valence-corrected chi connectivity index (χ0v) is 25.2. The third kappa shape index (κ3) is 5.73. The summed E-state index contributed by atoms with van der Waals surface area (Å²) in [6.07, 6.45) is 6.22. The fraction of sp³-hybridized carbons (Fsp3) is 0.344. The second-order valence-electron chi connectivity index (χ2n) is 11.7. The van der Waals surface area contributed by atoms with Crippen LogP contribution in [0.15, 0.2) is 87.3 Å². The number of allylic oxidation sites excluding steroid dienone is 1. The first-order valence-electron chi connectivity index (χ1n) is 14.9. The third-order valence-corrected chi connectivity index (χ3v) is 10.1. The van der Waals surface area contributed by atoms with Crippen molar-refractivity contribution in [1.29, 1.82) is 0 Å². The Morgan fingerprint density at radius 2 is 1.84 bits per heavy atom. The van der Waals surface area contributed by atoms with Crippen molar-refractivity contribution < 1.29 is 4.55 Å². The number of hydrazine groups is 2. The van der Waals surface area contributed by atoms with Crippen molar-refractivity contribution >= 4 is 33.8 Å². The van der Waals surface area contributed by atoms with Gasteiger partial charge in [0.15, 0.2) is 4.90 Å². The smallest absolute Gasteiger partial charge is 0.264 e. The summed E-state index contributed by atoms with van der Waals surface area (Å²) >= 11 is -1.45. The molecular weight excluding hydrogens is 560 g/mol. The van der Waals surface area contributed by atoms with Gasteiger partial charge in [0.25, 0.3) is 10.6 Å².